The number of carboxylic acids is 1. The average molecular weight is 323 g/mol. The number of rotatable bonds is 3. The Labute approximate surface area is 136 Å². The van der Waals surface area contributed by atoms with Crippen molar-refractivity contribution >= 4 is 11.7 Å². The number of nitrogens with two attached hydrogens (primary N) is 1. The monoisotopic (exact) mass is 323 g/mol. The maximum Gasteiger partial charge on any atom is 0.356 e. The summed E-state index contributed by atoms with van der Waals surface area (Å²) in [4.78, 5) is 11.3. The Balaban J connectivity index is 1.87. The van der Waals surface area contributed by atoms with E-state index in [0.717, 1.165) is 5.56 Å². The van der Waals surface area contributed by atoms with E-state index in [-0.39, 0.29) is 12.5 Å². The molecular weight excluding hydrogens is 310 g/mol. The highest BCUT2D eigenvalue weighted by Crippen LogP contribution is 2.36. The van der Waals surface area contributed by atoms with Crippen LogP contribution in [-0.2, 0) is 0 Å². The van der Waals surface area contributed by atoms with Gasteiger partial charge in [0, 0.05) is 11.3 Å². The fourth-order valence-corrected chi connectivity index (χ4v) is 2.56. The zero-order valence-electron chi connectivity index (χ0n) is 12.5. The third-order valence-corrected chi connectivity index (χ3v) is 3.73. The number of hydrogen-bond acceptors (Lipinski definition) is 5. The predicted molar refractivity (Wildman–Crippen MR) is 86.5 cm³/mol. The van der Waals surface area contributed by atoms with Crippen LogP contribution in [0.1, 0.15) is 10.5 Å². The van der Waals surface area contributed by atoms with Crippen molar-refractivity contribution in [1.82, 2.24) is 9.78 Å². The molecule has 0 radical (unpaired) electrons. The molecule has 0 aliphatic carbocycles. The maximum absolute atomic E-state index is 11.3. The number of carboxylic acid groups (broad SMARTS) is 1. The van der Waals surface area contributed by atoms with Crippen LogP contribution in [0.4, 0.5) is 5.69 Å². The van der Waals surface area contributed by atoms with Gasteiger partial charge in [-0.1, -0.05) is 0 Å². The van der Waals surface area contributed by atoms with Gasteiger partial charge in [-0.05, 0) is 48.5 Å². The Morgan fingerprint density at radius 2 is 1.83 bits per heavy atom. The molecule has 3 aromatic rings. The fourth-order valence-electron chi connectivity index (χ4n) is 2.56. The number of nitrogens with zero attached hydrogens (tertiary/aromatic N) is 2. The van der Waals surface area contributed by atoms with Gasteiger partial charge in [0.15, 0.2) is 17.2 Å². The zero-order chi connectivity index (χ0) is 16.7. The van der Waals surface area contributed by atoms with Crippen molar-refractivity contribution in [3.8, 4) is 28.4 Å². The standard InChI is InChI=1S/C17H13N3O4/c18-11-2-4-12(5-3-11)20-14(8-13(19-20)17(21)22)10-1-6-15-16(7-10)24-9-23-15/h1-8H,9,18H2,(H,21,22). The lowest BCUT2D eigenvalue weighted by molar-refractivity contribution is 0.0690. The van der Waals surface area contributed by atoms with Gasteiger partial charge in [-0.2, -0.15) is 5.10 Å². The van der Waals surface area contributed by atoms with Crippen LogP contribution in [0.2, 0.25) is 0 Å². The van der Waals surface area contributed by atoms with Gasteiger partial charge in [0.25, 0.3) is 0 Å². The topological polar surface area (TPSA) is 99.6 Å². The van der Waals surface area contributed by atoms with Gasteiger partial charge in [-0.25, -0.2) is 9.48 Å². The van der Waals surface area contributed by atoms with Crippen LogP contribution in [-0.4, -0.2) is 27.6 Å². The minimum absolute atomic E-state index is 0.0421. The van der Waals surface area contributed by atoms with E-state index >= 15 is 0 Å². The Morgan fingerprint density at radius 3 is 2.58 bits per heavy atom. The molecule has 0 unspecified atom stereocenters. The minimum atomic E-state index is -1.09. The van der Waals surface area contributed by atoms with Gasteiger partial charge in [0.05, 0.1) is 11.4 Å². The largest absolute Gasteiger partial charge is 0.476 e. The van der Waals surface area contributed by atoms with Crippen molar-refractivity contribution in [3.05, 3.63) is 54.2 Å². The van der Waals surface area contributed by atoms with Crippen molar-refractivity contribution in [2.45, 2.75) is 0 Å². The highest BCUT2D eigenvalue weighted by atomic mass is 16.7. The van der Waals surface area contributed by atoms with Crippen molar-refractivity contribution in [2.75, 3.05) is 12.5 Å². The first kappa shape index (κ1) is 14.1. The van der Waals surface area contributed by atoms with E-state index in [4.69, 9.17) is 15.2 Å². The summed E-state index contributed by atoms with van der Waals surface area (Å²) in [6.45, 7) is 0.177. The molecule has 2 aromatic carbocycles. The summed E-state index contributed by atoms with van der Waals surface area (Å²) in [6.07, 6.45) is 0. The summed E-state index contributed by atoms with van der Waals surface area (Å²) in [7, 11) is 0. The Kier molecular flexibility index (Phi) is 3.13. The second kappa shape index (κ2) is 5.31. The number of aromatic carboxylic acids is 1. The maximum atomic E-state index is 11.3. The third kappa shape index (κ3) is 2.32. The first-order valence-corrected chi connectivity index (χ1v) is 7.21. The van der Waals surface area contributed by atoms with E-state index in [2.05, 4.69) is 5.10 Å². The summed E-state index contributed by atoms with van der Waals surface area (Å²) in [5, 5.41) is 13.5. The van der Waals surface area contributed by atoms with E-state index in [9.17, 15) is 9.90 Å². The molecule has 0 bridgehead atoms. The second-order valence-corrected chi connectivity index (χ2v) is 5.29. The van der Waals surface area contributed by atoms with Crippen LogP contribution >= 0.6 is 0 Å². The van der Waals surface area contributed by atoms with E-state index in [1.807, 2.05) is 6.07 Å². The quantitative estimate of drug-likeness (QED) is 0.719. The second-order valence-electron chi connectivity index (χ2n) is 5.29. The molecule has 1 aliphatic rings. The molecule has 0 fully saturated rings. The SMILES string of the molecule is Nc1ccc(-n2nc(C(=O)O)cc2-c2ccc3c(c2)OCO3)cc1. The zero-order valence-corrected chi connectivity index (χ0v) is 12.5. The van der Waals surface area contributed by atoms with Crippen molar-refractivity contribution in [3.63, 3.8) is 0 Å². The minimum Gasteiger partial charge on any atom is -0.476 e. The lowest BCUT2D eigenvalue weighted by Crippen LogP contribution is -2.02. The highest BCUT2D eigenvalue weighted by molar-refractivity contribution is 5.87. The molecule has 7 heteroatoms. The van der Waals surface area contributed by atoms with Crippen molar-refractivity contribution in [2.24, 2.45) is 0 Å². The van der Waals surface area contributed by atoms with Gasteiger partial charge < -0.3 is 20.3 Å². The molecule has 4 rings (SSSR count). The van der Waals surface area contributed by atoms with Gasteiger partial charge in [-0.15, -0.1) is 0 Å². The summed E-state index contributed by atoms with van der Waals surface area (Å²) in [5.41, 5.74) is 8.41. The van der Waals surface area contributed by atoms with Crippen LogP contribution < -0.4 is 15.2 Å². The Bertz CT molecular complexity index is 932. The molecule has 3 N–H and O–H groups in total. The molecule has 1 aliphatic heterocycles. The van der Waals surface area contributed by atoms with E-state index in [1.54, 1.807) is 41.1 Å². The van der Waals surface area contributed by atoms with Crippen LogP contribution in [0.25, 0.3) is 16.9 Å². The molecule has 0 amide bonds. The number of fused-ring (bicyclic) bond motifs is 1. The number of hydrogen-bond donors (Lipinski definition) is 2. The number of benzene rings is 2. The van der Waals surface area contributed by atoms with Gasteiger partial charge >= 0.3 is 5.97 Å². The molecule has 120 valence electrons. The summed E-state index contributed by atoms with van der Waals surface area (Å²) < 4.78 is 12.3. The van der Waals surface area contributed by atoms with Crippen molar-refractivity contribution < 1.29 is 19.4 Å². The van der Waals surface area contributed by atoms with Gasteiger partial charge in [0.1, 0.15) is 0 Å². The van der Waals surface area contributed by atoms with E-state index < -0.39 is 5.97 Å². The normalized spacial score (nSPS) is 12.3. The number of nitrogen functional groups attached to an aromatic ring is 1. The Morgan fingerprint density at radius 1 is 1.08 bits per heavy atom. The number of carbonyl (C=O) groups is 1. The molecule has 0 atom stereocenters. The highest BCUT2D eigenvalue weighted by Gasteiger charge is 2.19. The number of anilines is 1. The average Bonchev–Trinajstić information content (AvgIpc) is 3.21. The third-order valence-electron chi connectivity index (χ3n) is 3.73. The molecule has 7 nitrogen and oxygen atoms in total. The fraction of sp³-hybridized carbons (Fsp3) is 0.0588. The molecule has 2 heterocycles. The first-order valence-electron chi connectivity index (χ1n) is 7.21. The van der Waals surface area contributed by atoms with E-state index in [0.29, 0.717) is 28.6 Å². The lowest BCUT2D eigenvalue weighted by Gasteiger charge is -2.08. The predicted octanol–water partition coefficient (Wildman–Crippen LogP) is 2.55. The van der Waals surface area contributed by atoms with E-state index in [1.165, 1.54) is 6.07 Å². The van der Waals surface area contributed by atoms with Gasteiger partial charge in [-0.3, -0.25) is 0 Å². The lowest BCUT2D eigenvalue weighted by atomic mass is 10.1. The number of ether oxygens (including phenoxy) is 2. The van der Waals surface area contributed by atoms with Crippen LogP contribution in [0.15, 0.2) is 48.5 Å². The molecule has 1 aromatic heterocycles. The Hall–Kier alpha value is -3.48. The van der Waals surface area contributed by atoms with Crippen LogP contribution in [0, 0.1) is 0 Å². The van der Waals surface area contributed by atoms with Crippen LogP contribution in [0.3, 0.4) is 0 Å². The first-order chi connectivity index (χ1) is 11.6. The smallest absolute Gasteiger partial charge is 0.356 e. The van der Waals surface area contributed by atoms with Gasteiger partial charge in [0.2, 0.25) is 6.79 Å². The molecule has 0 spiro atoms. The van der Waals surface area contributed by atoms with Crippen molar-refractivity contribution in [1.29, 1.82) is 0 Å². The molecule has 0 saturated heterocycles. The van der Waals surface area contributed by atoms with Crippen LogP contribution in [0.5, 0.6) is 11.5 Å². The summed E-state index contributed by atoms with van der Waals surface area (Å²) in [5.74, 6) is 0.191. The molecular formula is C17H13N3O4. The number of aromatic nitrogens is 2. The summed E-state index contributed by atoms with van der Waals surface area (Å²) in [6, 6.07) is 14.0. The summed E-state index contributed by atoms with van der Waals surface area (Å²) >= 11 is 0. The molecule has 0 saturated carbocycles. The molecule has 24 heavy (non-hydrogen) atoms.